The number of rotatable bonds is 7. The van der Waals surface area contributed by atoms with Crippen LogP contribution in [0.2, 0.25) is 0 Å². The largest absolute Gasteiger partial charge is 0.612 e. The molecule has 8 nitrogen and oxygen atoms in total. The van der Waals surface area contributed by atoms with Gasteiger partial charge in [-0.1, -0.05) is 13.8 Å². The van der Waals surface area contributed by atoms with Crippen molar-refractivity contribution in [3.63, 3.8) is 0 Å². The minimum Gasteiger partial charge on any atom is -0.612 e. The topological polar surface area (TPSA) is 114 Å². The number of esters is 1. The summed E-state index contributed by atoms with van der Waals surface area (Å²) in [4.78, 5) is 22.9. The van der Waals surface area contributed by atoms with Gasteiger partial charge in [0.05, 0.1) is 19.1 Å². The van der Waals surface area contributed by atoms with E-state index < -0.39 is 28.9 Å². The molecule has 0 fully saturated rings. The van der Waals surface area contributed by atoms with E-state index in [0.29, 0.717) is 0 Å². The van der Waals surface area contributed by atoms with Crippen LogP contribution in [0.3, 0.4) is 0 Å². The summed E-state index contributed by atoms with van der Waals surface area (Å²) in [6.07, 6.45) is 1.87. The van der Waals surface area contributed by atoms with Crippen LogP contribution in [-0.2, 0) is 19.1 Å². The van der Waals surface area contributed by atoms with Gasteiger partial charge in [0, 0.05) is 12.5 Å². The molecule has 1 aliphatic carbocycles. The molecule has 1 rings (SSSR count). The minimum atomic E-state index is -0.906. The molecule has 0 saturated carbocycles. The van der Waals surface area contributed by atoms with Gasteiger partial charge in [-0.25, -0.2) is 4.79 Å². The zero-order valence-electron chi connectivity index (χ0n) is 14.5. The summed E-state index contributed by atoms with van der Waals surface area (Å²) in [5.41, 5.74) is 0.00724. The van der Waals surface area contributed by atoms with Crippen LogP contribution in [0.25, 0.3) is 0 Å². The molecule has 0 bridgehead atoms. The lowest BCUT2D eigenvalue weighted by Crippen LogP contribution is -2.53. The summed E-state index contributed by atoms with van der Waals surface area (Å²) in [6.45, 7) is 7.02. The first kappa shape index (κ1) is 20.0. The van der Waals surface area contributed by atoms with Gasteiger partial charge in [0.15, 0.2) is 0 Å². The van der Waals surface area contributed by atoms with E-state index >= 15 is 0 Å². The number of carbonyl (C=O) groups is 2. The standard InChI is InChI=1S/C16H25N2O6/c1-5-12(6-2)24-14-9-11(16(20)23-7-3)8-13(18(21)22)15(14)17-10(4)19/h9,12,14-15H,5-8H2,1-4H3,(H-,17,19,21,22)/q-1/t14-,15-/m1/s1. The predicted molar refractivity (Wildman–Crippen MR) is 88.2 cm³/mol. The first-order valence-corrected chi connectivity index (χ1v) is 8.14. The number of nitrogens with zero attached hydrogens (tertiary/aromatic N) is 1. The van der Waals surface area contributed by atoms with Crippen molar-refractivity contribution in [1.82, 2.24) is 5.32 Å². The molecule has 2 atom stereocenters. The normalized spacial score (nSPS) is 20.5. The van der Waals surface area contributed by atoms with E-state index in [-0.39, 0.29) is 30.4 Å². The highest BCUT2D eigenvalue weighted by Crippen LogP contribution is 2.23. The van der Waals surface area contributed by atoms with Gasteiger partial charge in [0.25, 0.3) is 0 Å². The maximum atomic E-state index is 12.0. The Kier molecular flexibility index (Phi) is 7.70. The second-order valence-electron chi connectivity index (χ2n) is 5.55. The fourth-order valence-corrected chi connectivity index (χ4v) is 2.60. The zero-order chi connectivity index (χ0) is 18.3. The Balaban J connectivity index is 3.23. The van der Waals surface area contributed by atoms with Gasteiger partial charge >= 0.3 is 5.97 Å². The molecule has 0 saturated heterocycles. The number of hydrogen-bond donors (Lipinski definition) is 1. The third kappa shape index (κ3) is 5.23. The molecule has 24 heavy (non-hydrogen) atoms. The van der Waals surface area contributed by atoms with Gasteiger partial charge in [0.1, 0.15) is 12.1 Å². The van der Waals surface area contributed by atoms with Gasteiger partial charge in [-0.05, 0) is 25.8 Å². The number of carbonyl (C=O) groups excluding carboxylic acids is 2. The summed E-state index contributed by atoms with van der Waals surface area (Å²) >= 11 is 0. The van der Waals surface area contributed by atoms with Crippen LogP contribution in [0.15, 0.2) is 11.6 Å². The van der Waals surface area contributed by atoms with Crippen molar-refractivity contribution in [2.45, 2.75) is 65.2 Å². The molecule has 1 aliphatic rings. The first-order chi connectivity index (χ1) is 11.3. The van der Waals surface area contributed by atoms with E-state index in [1.54, 1.807) is 6.92 Å². The third-order valence-electron chi connectivity index (χ3n) is 3.82. The van der Waals surface area contributed by atoms with Gasteiger partial charge in [-0.15, -0.1) is 0 Å². The molecule has 0 heterocycles. The molecule has 0 aromatic heterocycles. The van der Waals surface area contributed by atoms with Crippen LogP contribution in [0, 0.1) is 10.4 Å². The van der Waals surface area contributed by atoms with Crippen molar-refractivity contribution < 1.29 is 24.0 Å². The monoisotopic (exact) mass is 341 g/mol. The molecule has 0 radical (unpaired) electrons. The van der Waals surface area contributed by atoms with Crippen LogP contribution in [0.4, 0.5) is 0 Å². The Morgan fingerprint density at radius 3 is 2.42 bits per heavy atom. The molecule has 0 aliphatic heterocycles. The van der Waals surface area contributed by atoms with Crippen molar-refractivity contribution >= 4 is 17.6 Å². The Morgan fingerprint density at radius 1 is 1.33 bits per heavy atom. The molecule has 1 amide bonds. The first-order valence-electron chi connectivity index (χ1n) is 8.14. The number of hydrogen-bond acceptors (Lipinski definition) is 6. The average Bonchev–Trinajstić information content (AvgIpc) is 2.52. The van der Waals surface area contributed by atoms with Gasteiger partial charge < -0.3 is 25.2 Å². The van der Waals surface area contributed by atoms with Crippen molar-refractivity contribution in [3.8, 4) is 0 Å². The Morgan fingerprint density at radius 2 is 1.96 bits per heavy atom. The summed E-state index contributed by atoms with van der Waals surface area (Å²) in [6, 6.07) is -0.906. The Bertz CT molecular complexity index is 521. The highest BCUT2D eigenvalue weighted by atomic mass is 16.8. The van der Waals surface area contributed by atoms with Crippen molar-refractivity contribution in [3.05, 3.63) is 22.1 Å². The molecule has 0 aromatic carbocycles. The molecular formula is C16H25N2O6-. The van der Waals surface area contributed by atoms with Crippen LogP contribution in [-0.4, -0.2) is 47.3 Å². The van der Waals surface area contributed by atoms with E-state index in [2.05, 4.69) is 5.32 Å². The summed E-state index contributed by atoms with van der Waals surface area (Å²) in [7, 11) is 0. The van der Waals surface area contributed by atoms with E-state index in [1.807, 2.05) is 13.8 Å². The average molecular weight is 341 g/mol. The summed E-state index contributed by atoms with van der Waals surface area (Å²) < 4.78 is 10.9. The predicted octanol–water partition coefficient (Wildman–Crippen LogP) is 1.41. The molecule has 0 unspecified atom stereocenters. The van der Waals surface area contributed by atoms with Gasteiger partial charge in [-0.2, -0.15) is 4.90 Å². The van der Waals surface area contributed by atoms with Crippen LogP contribution < -0.4 is 5.32 Å². The maximum Gasteiger partial charge on any atom is 0.334 e. The molecular weight excluding hydrogens is 316 g/mol. The lowest BCUT2D eigenvalue weighted by molar-refractivity contribution is -0.383. The number of amides is 1. The van der Waals surface area contributed by atoms with Crippen LogP contribution in [0.1, 0.15) is 47.0 Å². The van der Waals surface area contributed by atoms with E-state index in [1.165, 1.54) is 13.0 Å². The van der Waals surface area contributed by atoms with E-state index in [9.17, 15) is 20.0 Å². The smallest absolute Gasteiger partial charge is 0.334 e. The highest BCUT2D eigenvalue weighted by Gasteiger charge is 2.39. The molecule has 0 spiro atoms. The number of ether oxygens (including phenoxy) is 2. The van der Waals surface area contributed by atoms with Gasteiger partial charge in [0.2, 0.25) is 11.6 Å². The van der Waals surface area contributed by atoms with E-state index in [0.717, 1.165) is 12.8 Å². The van der Waals surface area contributed by atoms with Gasteiger partial charge in [-0.3, -0.25) is 4.79 Å². The summed E-state index contributed by atoms with van der Waals surface area (Å²) in [5.74, 6) is -0.998. The Labute approximate surface area is 141 Å². The summed E-state index contributed by atoms with van der Waals surface area (Å²) in [5, 5.41) is 25.4. The Hall–Kier alpha value is -2.09. The molecule has 0 aromatic rings. The van der Waals surface area contributed by atoms with E-state index in [4.69, 9.17) is 9.47 Å². The van der Waals surface area contributed by atoms with Crippen molar-refractivity contribution in [2.24, 2.45) is 0 Å². The fourth-order valence-electron chi connectivity index (χ4n) is 2.60. The minimum absolute atomic E-state index is 0.128. The molecule has 1 N–H and O–H groups in total. The van der Waals surface area contributed by atoms with Crippen LogP contribution in [0.5, 0.6) is 0 Å². The second kappa shape index (κ2) is 9.27. The lowest BCUT2D eigenvalue weighted by atomic mass is 9.90. The number of nitrogens with one attached hydrogen (secondary N) is 1. The quantitative estimate of drug-likeness (QED) is 0.425. The molecule has 136 valence electrons. The zero-order valence-corrected chi connectivity index (χ0v) is 14.5. The highest BCUT2D eigenvalue weighted by molar-refractivity contribution is 6.01. The maximum absolute atomic E-state index is 12.0. The fraction of sp³-hybridized carbons (Fsp3) is 0.688. The third-order valence-corrected chi connectivity index (χ3v) is 3.82. The van der Waals surface area contributed by atoms with Crippen LogP contribution >= 0.6 is 0 Å². The van der Waals surface area contributed by atoms with Crippen molar-refractivity contribution in [2.75, 3.05) is 6.61 Å². The lowest BCUT2D eigenvalue weighted by Gasteiger charge is -2.33. The molecule has 8 heteroatoms. The second-order valence-corrected chi connectivity index (χ2v) is 5.55. The SMILES string of the molecule is CCOC(=O)C1=C[C@@H](OC(CC)CC)[C@H](NC(C)=O)C(=[N+]([O-])[O-])C1. The van der Waals surface area contributed by atoms with Crippen molar-refractivity contribution in [1.29, 1.82) is 0 Å².